The van der Waals surface area contributed by atoms with Crippen LogP contribution in [0.3, 0.4) is 0 Å². The summed E-state index contributed by atoms with van der Waals surface area (Å²) < 4.78 is 42.9. The number of hydrogen-bond acceptors (Lipinski definition) is 3. The molecule has 0 aromatic carbocycles. The lowest BCUT2D eigenvalue weighted by Crippen LogP contribution is -2.44. The van der Waals surface area contributed by atoms with Crippen molar-refractivity contribution in [1.82, 2.24) is 14.5 Å². The molecule has 2 aromatic rings. The normalized spacial score (nSPS) is 28.0. The lowest BCUT2D eigenvalue weighted by atomic mass is 9.77. The van der Waals surface area contributed by atoms with E-state index in [2.05, 4.69) is 9.97 Å². The Morgan fingerprint density at radius 2 is 2.04 bits per heavy atom. The molecule has 3 atom stereocenters. The standard InChI is InChI=1S/C16H15F3N4/c17-10-5-12(19)11(18)3-8(10)9-4-16-22-14-6-21-2-1-15(14)23(16)7-13(9)20/h1-2,5-6,8-9,13H,3-4,7,20H2/t8?,9-,13?/m1/s1. The van der Waals surface area contributed by atoms with Crippen molar-refractivity contribution >= 4 is 11.0 Å². The number of nitrogens with two attached hydrogens (primary N) is 1. The summed E-state index contributed by atoms with van der Waals surface area (Å²) in [4.78, 5) is 8.56. The minimum Gasteiger partial charge on any atom is -0.326 e. The van der Waals surface area contributed by atoms with E-state index < -0.39 is 23.4 Å². The van der Waals surface area contributed by atoms with Gasteiger partial charge in [-0.3, -0.25) is 4.98 Å². The summed E-state index contributed by atoms with van der Waals surface area (Å²) in [7, 11) is 0. The van der Waals surface area contributed by atoms with E-state index in [9.17, 15) is 13.2 Å². The van der Waals surface area contributed by atoms with Crippen molar-refractivity contribution in [2.24, 2.45) is 17.6 Å². The van der Waals surface area contributed by atoms with Crippen molar-refractivity contribution in [3.63, 3.8) is 0 Å². The second-order valence-electron chi connectivity index (χ2n) is 6.13. The van der Waals surface area contributed by atoms with E-state index in [0.717, 1.165) is 16.9 Å². The number of aromatic nitrogens is 3. The molecule has 0 bridgehead atoms. The molecule has 4 nitrogen and oxygen atoms in total. The lowest BCUT2D eigenvalue weighted by Gasteiger charge is -2.35. The summed E-state index contributed by atoms with van der Waals surface area (Å²) in [6, 6.07) is 1.50. The highest BCUT2D eigenvalue weighted by atomic mass is 19.2. The summed E-state index contributed by atoms with van der Waals surface area (Å²) in [5.41, 5.74) is 7.91. The van der Waals surface area contributed by atoms with Crippen LogP contribution in [0.4, 0.5) is 13.2 Å². The molecular formula is C16H15F3N4. The van der Waals surface area contributed by atoms with Gasteiger partial charge in [0.15, 0.2) is 5.83 Å². The van der Waals surface area contributed by atoms with Crippen molar-refractivity contribution in [2.45, 2.75) is 25.4 Å². The van der Waals surface area contributed by atoms with Gasteiger partial charge in [0.1, 0.15) is 23.0 Å². The second-order valence-corrected chi connectivity index (χ2v) is 6.13. The van der Waals surface area contributed by atoms with Crippen LogP contribution in [0, 0.1) is 11.8 Å². The highest BCUT2D eigenvalue weighted by molar-refractivity contribution is 5.74. The number of hydrogen-bond donors (Lipinski definition) is 1. The Morgan fingerprint density at radius 1 is 1.22 bits per heavy atom. The Balaban J connectivity index is 1.69. The van der Waals surface area contributed by atoms with Crippen molar-refractivity contribution in [3.8, 4) is 0 Å². The summed E-state index contributed by atoms with van der Waals surface area (Å²) in [5.74, 6) is -2.95. The zero-order valence-electron chi connectivity index (χ0n) is 12.2. The average molecular weight is 320 g/mol. The van der Waals surface area contributed by atoms with Crippen molar-refractivity contribution in [1.29, 1.82) is 0 Å². The molecule has 0 spiro atoms. The van der Waals surface area contributed by atoms with Crippen LogP contribution < -0.4 is 5.73 Å². The first-order valence-electron chi connectivity index (χ1n) is 7.50. The molecule has 0 saturated carbocycles. The van der Waals surface area contributed by atoms with Crippen LogP contribution >= 0.6 is 0 Å². The molecule has 23 heavy (non-hydrogen) atoms. The average Bonchev–Trinajstić information content (AvgIpc) is 2.88. The summed E-state index contributed by atoms with van der Waals surface area (Å²) in [6.07, 6.45) is 4.13. The third kappa shape index (κ3) is 2.26. The zero-order chi connectivity index (χ0) is 16.1. The minimum atomic E-state index is -1.12. The van der Waals surface area contributed by atoms with Gasteiger partial charge in [-0.25, -0.2) is 18.2 Å². The van der Waals surface area contributed by atoms with Gasteiger partial charge in [0.25, 0.3) is 0 Å². The minimum absolute atomic E-state index is 0.283. The molecule has 0 radical (unpaired) electrons. The molecular weight excluding hydrogens is 305 g/mol. The van der Waals surface area contributed by atoms with Crippen LogP contribution in [0.1, 0.15) is 12.2 Å². The van der Waals surface area contributed by atoms with Crippen LogP contribution in [-0.4, -0.2) is 20.6 Å². The van der Waals surface area contributed by atoms with Crippen LogP contribution in [-0.2, 0) is 13.0 Å². The number of imidazole rings is 1. The quantitative estimate of drug-likeness (QED) is 0.879. The predicted octanol–water partition coefficient (Wildman–Crippen LogP) is 2.95. The van der Waals surface area contributed by atoms with E-state index in [4.69, 9.17) is 5.73 Å². The smallest absolute Gasteiger partial charge is 0.157 e. The van der Waals surface area contributed by atoms with Crippen molar-refractivity contribution in [2.75, 3.05) is 0 Å². The fourth-order valence-electron chi connectivity index (χ4n) is 3.59. The van der Waals surface area contributed by atoms with Crippen LogP contribution in [0.15, 0.2) is 42.0 Å². The SMILES string of the molecule is NC1Cn2c(nc3cnccc32)C[C@@H]1C1CC(F)=C(F)C=C1F. The van der Waals surface area contributed by atoms with Crippen LogP contribution in [0.5, 0.6) is 0 Å². The Morgan fingerprint density at radius 3 is 2.87 bits per heavy atom. The number of pyridine rings is 1. The molecule has 7 heteroatoms. The molecule has 120 valence electrons. The van der Waals surface area contributed by atoms with Gasteiger partial charge in [-0.05, 0) is 12.0 Å². The first-order valence-corrected chi connectivity index (χ1v) is 7.50. The number of fused-ring (bicyclic) bond motifs is 3. The second kappa shape index (κ2) is 5.19. The molecule has 2 unspecified atom stereocenters. The first-order chi connectivity index (χ1) is 11.0. The Hall–Kier alpha value is -2.15. The number of nitrogens with zero attached hydrogens (tertiary/aromatic N) is 3. The Labute approximate surface area is 130 Å². The van der Waals surface area contributed by atoms with Gasteiger partial charge in [0, 0.05) is 43.6 Å². The maximum Gasteiger partial charge on any atom is 0.157 e. The molecule has 1 aliphatic heterocycles. The fourth-order valence-corrected chi connectivity index (χ4v) is 3.59. The van der Waals surface area contributed by atoms with E-state index in [1.807, 2.05) is 10.6 Å². The van der Waals surface area contributed by atoms with Crippen LogP contribution in [0.2, 0.25) is 0 Å². The molecule has 2 aliphatic rings. The Kier molecular flexibility index (Phi) is 3.26. The monoisotopic (exact) mass is 320 g/mol. The summed E-state index contributed by atoms with van der Waals surface area (Å²) in [6.45, 7) is 0.470. The van der Waals surface area contributed by atoms with Crippen molar-refractivity contribution in [3.05, 3.63) is 47.8 Å². The van der Waals surface area contributed by atoms with Gasteiger partial charge < -0.3 is 10.3 Å². The van der Waals surface area contributed by atoms with E-state index in [1.54, 1.807) is 12.4 Å². The van der Waals surface area contributed by atoms with Gasteiger partial charge in [-0.15, -0.1) is 0 Å². The largest absolute Gasteiger partial charge is 0.326 e. The fraction of sp³-hybridized carbons (Fsp3) is 0.375. The van der Waals surface area contributed by atoms with Gasteiger partial charge in [0.2, 0.25) is 0 Å². The van der Waals surface area contributed by atoms with E-state index in [1.165, 1.54) is 0 Å². The molecule has 0 saturated heterocycles. The molecule has 0 fully saturated rings. The zero-order valence-corrected chi connectivity index (χ0v) is 12.2. The highest BCUT2D eigenvalue weighted by Gasteiger charge is 2.38. The third-order valence-electron chi connectivity index (χ3n) is 4.79. The van der Waals surface area contributed by atoms with Gasteiger partial charge in [0.05, 0.1) is 11.7 Å². The summed E-state index contributed by atoms with van der Waals surface area (Å²) >= 11 is 0. The number of rotatable bonds is 1. The van der Waals surface area contributed by atoms with E-state index in [0.29, 0.717) is 19.0 Å². The molecule has 2 N–H and O–H groups in total. The lowest BCUT2D eigenvalue weighted by molar-refractivity contribution is 0.217. The topological polar surface area (TPSA) is 56.7 Å². The van der Waals surface area contributed by atoms with Crippen molar-refractivity contribution < 1.29 is 13.2 Å². The van der Waals surface area contributed by atoms with E-state index in [-0.39, 0.29) is 18.4 Å². The molecule has 3 heterocycles. The van der Waals surface area contributed by atoms with Crippen LogP contribution in [0.25, 0.3) is 11.0 Å². The van der Waals surface area contributed by atoms with Gasteiger partial charge in [-0.1, -0.05) is 0 Å². The van der Waals surface area contributed by atoms with E-state index >= 15 is 0 Å². The number of halogens is 3. The maximum atomic E-state index is 14.1. The number of allylic oxidation sites excluding steroid dienone is 4. The molecule has 1 aliphatic carbocycles. The first kappa shape index (κ1) is 14.4. The maximum absolute atomic E-state index is 14.1. The molecule has 2 aromatic heterocycles. The Bertz CT molecular complexity index is 839. The molecule has 4 rings (SSSR count). The van der Waals surface area contributed by atoms with Gasteiger partial charge >= 0.3 is 0 Å². The predicted molar refractivity (Wildman–Crippen MR) is 79.2 cm³/mol. The summed E-state index contributed by atoms with van der Waals surface area (Å²) in [5, 5.41) is 0. The third-order valence-corrected chi connectivity index (χ3v) is 4.79. The van der Waals surface area contributed by atoms with Gasteiger partial charge in [-0.2, -0.15) is 0 Å². The molecule has 0 amide bonds. The highest BCUT2D eigenvalue weighted by Crippen LogP contribution is 2.40.